The van der Waals surface area contributed by atoms with Crippen molar-refractivity contribution in [2.75, 3.05) is 37.6 Å². The zero-order valence-electron chi connectivity index (χ0n) is 55.1. The minimum absolute atomic E-state index is 0. The Labute approximate surface area is 585 Å². The summed E-state index contributed by atoms with van der Waals surface area (Å²) in [5, 5.41) is 28.1. The average Bonchev–Trinajstić information content (AvgIpc) is 1.67. The Kier molecular flexibility index (Phi) is 27.3. The molecular weight excluding hydrogens is 1360 g/mol. The number of rotatable bonds is 11. The van der Waals surface area contributed by atoms with Gasteiger partial charge >= 0.3 is 38.2 Å². The van der Waals surface area contributed by atoms with Crippen LogP contribution in [0.5, 0.6) is 34.9 Å². The summed E-state index contributed by atoms with van der Waals surface area (Å²) in [4.78, 5) is 56.4. The van der Waals surface area contributed by atoms with E-state index in [2.05, 4.69) is 76.4 Å². The number of benzene rings is 3. The van der Waals surface area contributed by atoms with E-state index in [1.165, 1.54) is 37.3 Å². The Bertz CT molecular complexity index is 4180. The van der Waals surface area contributed by atoms with Crippen molar-refractivity contribution in [1.82, 2.24) is 64.2 Å². The number of likely N-dealkylation sites (tertiary alicyclic amines) is 2. The van der Waals surface area contributed by atoms with Gasteiger partial charge in [0, 0.05) is 49.8 Å². The first kappa shape index (κ1) is 75.2. The minimum atomic E-state index is -1.88. The van der Waals surface area contributed by atoms with Gasteiger partial charge in [0.1, 0.15) is 62.1 Å². The van der Waals surface area contributed by atoms with Gasteiger partial charge in [0.05, 0.1) is 28.4 Å². The number of pyridine rings is 3. The molecule has 7 aromatic heterocycles. The molecule has 2 saturated heterocycles. The summed E-state index contributed by atoms with van der Waals surface area (Å²) in [7, 11) is -1.88. The molecule has 2 fully saturated rings. The molecule has 2 aliphatic rings. The molecule has 12 rings (SSSR count). The molecule has 0 unspecified atom stereocenters. The second-order valence-electron chi connectivity index (χ2n) is 23.7. The van der Waals surface area contributed by atoms with Gasteiger partial charge in [0.2, 0.25) is 35.5 Å². The number of piperidine rings is 2. The van der Waals surface area contributed by atoms with Crippen molar-refractivity contribution in [1.29, 1.82) is 0 Å². The molecule has 9 heterocycles. The third-order valence-corrected chi connectivity index (χ3v) is 14.7. The molecule has 6 N–H and O–H groups in total. The Morgan fingerprint density at radius 3 is 1.46 bits per heavy atom. The number of hydrogen-bond donors (Lipinski definition) is 4. The molecule has 0 radical (unpaired) electrons. The maximum Gasteiger partial charge on any atom is 1.00 e. The molecule has 2 aliphatic heterocycles. The van der Waals surface area contributed by atoms with E-state index in [-0.39, 0.29) is 83.3 Å². The van der Waals surface area contributed by atoms with E-state index in [1.807, 2.05) is 88.7 Å². The SMILES string of the molecule is CC(C)(C)OC(=O)N1CCC[C@H](n2nc(-c3ccc(Oc4ccccc4)nc3F)c3c(N)ncnc32)C1.CC(C)(C)OC(=O)N1CCC[C@H](n2nc(I)c3c(N)ncnc32)C1.Fc1cccc(Oc2ccccc2)n1.OB(O)c1ccc(Oc2ccccc2)nc1F.[CH2-]CCC.[Li+]. The van der Waals surface area contributed by atoms with Crippen LogP contribution in [-0.4, -0.2) is 131 Å². The van der Waals surface area contributed by atoms with Crippen molar-refractivity contribution in [2.45, 2.75) is 110 Å². The van der Waals surface area contributed by atoms with Crippen LogP contribution in [0.3, 0.4) is 0 Å². The summed E-state index contributed by atoms with van der Waals surface area (Å²) in [6.45, 7) is 19.0. The zero-order valence-corrected chi connectivity index (χ0v) is 57.3. The number of hydrogen-bond acceptors (Lipinski definition) is 20. The fourth-order valence-corrected chi connectivity index (χ4v) is 10.3. The molecular formula is C67H75BF3ILiN15O9. The Hall–Kier alpha value is -9.15. The fraction of sp³-hybridized carbons (Fsp3) is 0.313. The van der Waals surface area contributed by atoms with Gasteiger partial charge in [-0.25, -0.2) is 38.9 Å². The Morgan fingerprint density at radius 2 is 1.03 bits per heavy atom. The zero-order chi connectivity index (χ0) is 69.1. The monoisotopic (exact) mass is 1440 g/mol. The smallest absolute Gasteiger partial charge is 0.444 e. The van der Waals surface area contributed by atoms with Gasteiger partial charge in [-0.05, 0) is 138 Å². The van der Waals surface area contributed by atoms with Crippen LogP contribution in [0, 0.1) is 28.5 Å². The minimum Gasteiger partial charge on any atom is -0.444 e. The maximum atomic E-state index is 15.3. The number of carbonyl (C=O) groups excluding carboxylic acids is 2. The first-order valence-corrected chi connectivity index (χ1v) is 31.8. The largest absolute Gasteiger partial charge is 1.00 e. The molecule has 0 bridgehead atoms. The number of carbonyl (C=O) groups is 2. The van der Waals surface area contributed by atoms with E-state index in [1.54, 1.807) is 87.3 Å². The molecule has 24 nitrogen and oxygen atoms in total. The number of nitrogens with two attached hydrogens (primary N) is 2. The summed E-state index contributed by atoms with van der Waals surface area (Å²) in [5.41, 5.74) is 12.4. The number of para-hydroxylation sites is 3. The van der Waals surface area contributed by atoms with E-state index < -0.39 is 36.2 Å². The van der Waals surface area contributed by atoms with Gasteiger partial charge in [-0.3, -0.25) is 0 Å². The third kappa shape index (κ3) is 21.7. The van der Waals surface area contributed by atoms with E-state index in [4.69, 9.17) is 50.3 Å². The Morgan fingerprint density at radius 1 is 0.598 bits per heavy atom. The summed E-state index contributed by atoms with van der Waals surface area (Å²) < 4.78 is 72.9. The number of anilines is 2. The van der Waals surface area contributed by atoms with Crippen molar-refractivity contribution in [3.05, 3.63) is 175 Å². The second kappa shape index (κ2) is 35.2. The van der Waals surface area contributed by atoms with Gasteiger partial charge < -0.3 is 61.9 Å². The number of nitrogen functional groups attached to an aromatic ring is 2. The van der Waals surface area contributed by atoms with Crippen LogP contribution in [0.2, 0.25) is 0 Å². The predicted molar refractivity (Wildman–Crippen MR) is 366 cm³/mol. The van der Waals surface area contributed by atoms with Crippen LogP contribution in [0.15, 0.2) is 146 Å². The summed E-state index contributed by atoms with van der Waals surface area (Å²) in [6.07, 6.45) is 7.73. The standard InChI is InChI=1S/C26H28FN7O3.C15H21IN6O2.C11H9BFNO3.C11H8FNO.C4H9.Li/c1-26(2,3)37-25(35)33-13-7-8-16(14-33)34-24-20(23(28)29-15-30-24)21(32-34)18-11-12-19(31-22(18)27)36-17-9-5-4-6-10-17;1-15(2,3)24-14(23)21-6-4-5-9(7-21)22-13-10(11(16)20-22)12(17)18-8-19-13;13-11-9(12(15)16)6-7-10(14-11)17-8-4-2-1-3-5-8;12-10-7-4-8-11(13-10)14-9-5-2-1-3-6-9;1-3-4-2;/h4-6,9-12,15-16H,7-8,13-14H2,1-3H3,(H2,28,29,30);8-9H,4-7H2,1-3H3,(H2,17,18,19);1-7,15-16H;1-8H;1,3-4H2,2H3;/q;;;;-1;+1/t16-;9-;;;;/m00..../s1. The van der Waals surface area contributed by atoms with Crippen LogP contribution in [0.1, 0.15) is 99.1 Å². The number of ether oxygens (including phenoxy) is 5. The number of unbranched alkanes of at least 4 members (excludes halogenated alkanes) is 1. The molecule has 30 heteroatoms. The molecule has 3 aromatic carbocycles. The number of fused-ring (bicyclic) bond motifs is 2. The number of amides is 2. The third-order valence-electron chi connectivity index (χ3n) is 13.9. The van der Waals surface area contributed by atoms with Crippen LogP contribution >= 0.6 is 22.6 Å². The first-order valence-electron chi connectivity index (χ1n) is 30.8. The predicted octanol–water partition coefficient (Wildman–Crippen LogP) is 9.89. The molecule has 0 spiro atoms. The molecule has 0 aliphatic carbocycles. The van der Waals surface area contributed by atoms with Crippen LogP contribution in [0.25, 0.3) is 33.3 Å². The van der Waals surface area contributed by atoms with Crippen molar-refractivity contribution in [3.8, 4) is 46.1 Å². The van der Waals surface area contributed by atoms with Gasteiger partial charge in [-0.2, -0.15) is 44.7 Å². The van der Waals surface area contributed by atoms with Crippen LogP contribution in [0.4, 0.5) is 34.4 Å². The molecule has 0 saturated carbocycles. The topological polar surface area (TPSA) is 305 Å². The number of nitrogens with zero attached hydrogens (tertiary/aromatic N) is 13. The quantitative estimate of drug-likeness (QED) is 0.0405. The molecule has 2 amide bonds. The van der Waals surface area contributed by atoms with E-state index >= 15 is 4.39 Å². The van der Waals surface area contributed by atoms with E-state index in [0.29, 0.717) is 65.9 Å². The van der Waals surface area contributed by atoms with Crippen molar-refractivity contribution < 1.29 is 75.4 Å². The van der Waals surface area contributed by atoms with Crippen molar-refractivity contribution in [3.63, 3.8) is 0 Å². The fourth-order valence-electron chi connectivity index (χ4n) is 9.54. The molecule has 2 atom stereocenters. The summed E-state index contributed by atoms with van der Waals surface area (Å²) in [5.74, 6) is 0.471. The van der Waals surface area contributed by atoms with Gasteiger partial charge in [-0.1, -0.05) is 80.1 Å². The summed E-state index contributed by atoms with van der Waals surface area (Å²) >= 11 is 2.14. The van der Waals surface area contributed by atoms with Crippen molar-refractivity contribution in [2.24, 2.45) is 0 Å². The van der Waals surface area contributed by atoms with Crippen LogP contribution < -0.4 is 50.0 Å². The normalized spacial score (nSPS) is 14.3. The van der Waals surface area contributed by atoms with E-state index in [0.717, 1.165) is 41.2 Å². The molecule has 10 aromatic rings. The van der Waals surface area contributed by atoms with Gasteiger partial charge in [0.25, 0.3) is 0 Å². The van der Waals surface area contributed by atoms with Gasteiger partial charge in [-0.15, -0.1) is 0 Å². The summed E-state index contributed by atoms with van der Waals surface area (Å²) in [6, 6.07) is 36.9. The van der Waals surface area contributed by atoms with Gasteiger partial charge in [0.15, 0.2) is 11.3 Å². The van der Waals surface area contributed by atoms with Crippen LogP contribution in [-0.2, 0) is 9.47 Å². The Balaban J connectivity index is 0.000000190. The maximum absolute atomic E-state index is 15.3. The average molecular weight is 1440 g/mol. The van der Waals surface area contributed by atoms with E-state index in [9.17, 15) is 18.4 Å². The molecule has 504 valence electrons. The first-order chi connectivity index (χ1) is 45.9. The molecule has 97 heavy (non-hydrogen) atoms. The number of halogens is 4. The van der Waals surface area contributed by atoms with Crippen molar-refractivity contribution >= 4 is 81.1 Å². The number of aromatic nitrogens is 11. The second-order valence-corrected chi connectivity index (χ2v) is 24.7.